The maximum atomic E-state index is 12.3. The molecule has 1 saturated heterocycles. The van der Waals surface area contributed by atoms with Gasteiger partial charge in [0.15, 0.2) is 5.50 Å². The average Bonchev–Trinajstić information content (AvgIpc) is 3.32. The highest BCUT2D eigenvalue weighted by atomic mass is 35.5. The topological polar surface area (TPSA) is 54.3 Å². The minimum absolute atomic E-state index is 0.134. The van der Waals surface area contributed by atoms with E-state index in [4.69, 9.17) is 27.6 Å². The lowest BCUT2D eigenvalue weighted by Crippen LogP contribution is -2.30. The van der Waals surface area contributed by atoms with Crippen LogP contribution in [0, 0.1) is 0 Å². The van der Waals surface area contributed by atoms with Gasteiger partial charge in [0, 0.05) is 17.3 Å². The molecule has 29 heavy (non-hydrogen) atoms. The minimum atomic E-state index is -0.231. The van der Waals surface area contributed by atoms with Crippen LogP contribution >= 0.6 is 35.0 Å². The molecule has 4 nitrogen and oxygen atoms in total. The first kappa shape index (κ1) is 20.0. The van der Waals surface area contributed by atoms with Gasteiger partial charge in [-0.25, -0.2) is 0 Å². The molecule has 0 radical (unpaired) electrons. The Morgan fingerprint density at radius 2 is 1.90 bits per heavy atom. The summed E-state index contributed by atoms with van der Waals surface area (Å²) in [7, 11) is 0. The molecule has 1 aliphatic rings. The molecule has 0 unspecified atom stereocenters. The first-order valence-corrected chi connectivity index (χ1v) is 10.8. The van der Waals surface area contributed by atoms with E-state index < -0.39 is 0 Å². The van der Waals surface area contributed by atoms with E-state index in [1.165, 1.54) is 17.3 Å². The Kier molecular flexibility index (Phi) is 5.90. The zero-order valence-electron chi connectivity index (χ0n) is 15.5. The largest absolute Gasteiger partial charge is 0.457 e. The summed E-state index contributed by atoms with van der Waals surface area (Å²) in [4.78, 5) is 12.9. The molecule has 0 bridgehead atoms. The molecule has 0 saturated carbocycles. The Labute approximate surface area is 183 Å². The Morgan fingerprint density at radius 3 is 2.62 bits per heavy atom. The number of hydrogen-bond donors (Lipinski definition) is 2. The minimum Gasteiger partial charge on any atom is -0.457 e. The van der Waals surface area contributed by atoms with Gasteiger partial charge >= 0.3 is 0 Å². The van der Waals surface area contributed by atoms with Crippen LogP contribution < -0.4 is 10.6 Å². The zero-order chi connectivity index (χ0) is 20.4. The van der Waals surface area contributed by atoms with Gasteiger partial charge in [-0.3, -0.25) is 4.79 Å². The maximum Gasteiger partial charge on any atom is 0.260 e. The summed E-state index contributed by atoms with van der Waals surface area (Å²) in [5, 5.41) is 7.19. The normalized spacial score (nSPS) is 17.6. The van der Waals surface area contributed by atoms with Gasteiger partial charge < -0.3 is 15.1 Å². The summed E-state index contributed by atoms with van der Waals surface area (Å²) < 4.78 is 5.86. The zero-order valence-corrected chi connectivity index (χ0v) is 17.9. The summed E-state index contributed by atoms with van der Waals surface area (Å²) in [6.07, 6.45) is 2.73. The number of carbonyl (C=O) groups is 1. The molecule has 1 aromatic heterocycles. The third-order valence-corrected chi connectivity index (χ3v) is 6.26. The smallest absolute Gasteiger partial charge is 0.260 e. The highest BCUT2D eigenvalue weighted by Crippen LogP contribution is 2.33. The standard InChI is InChI=1S/C22H18Cl2N2O2S/c1-2-13-3-6-15(7-4-13)25-22-26-21(27)20(29-22)12-16-8-10-19(28-16)14-5-9-17(23)18(24)11-14/h3-12,22,25H,2H2,1H3,(H,26,27)/b20-12+/t22-/m1/s1. The van der Waals surface area contributed by atoms with Crippen LogP contribution in [-0.2, 0) is 11.2 Å². The molecule has 4 rings (SSSR count). The number of amides is 1. The van der Waals surface area contributed by atoms with Crippen LogP contribution in [-0.4, -0.2) is 11.4 Å². The summed E-state index contributed by atoms with van der Waals surface area (Å²) in [5.74, 6) is 1.12. The number of furan rings is 1. The van der Waals surface area contributed by atoms with Gasteiger partial charge in [-0.1, -0.05) is 54.0 Å². The predicted octanol–water partition coefficient (Wildman–Crippen LogP) is 6.42. The number of anilines is 1. The summed E-state index contributed by atoms with van der Waals surface area (Å²) in [5.41, 5.74) is 2.82. The van der Waals surface area contributed by atoms with E-state index >= 15 is 0 Å². The van der Waals surface area contributed by atoms with Crippen LogP contribution in [0.15, 0.2) is 63.9 Å². The first-order chi connectivity index (χ1) is 14.0. The molecule has 2 aromatic carbocycles. The number of thioether (sulfide) groups is 1. The molecule has 1 amide bonds. The van der Waals surface area contributed by atoms with Gasteiger partial charge in [-0.15, -0.1) is 0 Å². The van der Waals surface area contributed by atoms with Crippen molar-refractivity contribution in [3.63, 3.8) is 0 Å². The van der Waals surface area contributed by atoms with Crippen molar-refractivity contribution in [2.24, 2.45) is 0 Å². The fourth-order valence-corrected chi connectivity index (χ4v) is 4.18. The lowest BCUT2D eigenvalue weighted by Gasteiger charge is -2.12. The summed E-state index contributed by atoms with van der Waals surface area (Å²) in [6.45, 7) is 2.12. The van der Waals surface area contributed by atoms with E-state index in [-0.39, 0.29) is 11.4 Å². The number of hydrogen-bond acceptors (Lipinski definition) is 4. The van der Waals surface area contributed by atoms with Gasteiger partial charge in [0.05, 0.1) is 15.0 Å². The fraction of sp³-hybridized carbons (Fsp3) is 0.136. The second-order valence-corrected chi connectivity index (χ2v) is 8.47. The summed E-state index contributed by atoms with van der Waals surface area (Å²) >= 11 is 13.5. The van der Waals surface area contributed by atoms with Crippen LogP contribution in [0.4, 0.5) is 5.69 Å². The van der Waals surface area contributed by atoms with E-state index in [0.29, 0.717) is 26.5 Å². The highest BCUT2D eigenvalue weighted by molar-refractivity contribution is 8.05. The third-order valence-electron chi connectivity index (χ3n) is 4.49. The van der Waals surface area contributed by atoms with Gasteiger partial charge in [-0.2, -0.15) is 0 Å². The highest BCUT2D eigenvalue weighted by Gasteiger charge is 2.27. The van der Waals surface area contributed by atoms with E-state index in [0.717, 1.165) is 17.7 Å². The molecule has 7 heteroatoms. The van der Waals surface area contributed by atoms with Crippen molar-refractivity contribution in [2.45, 2.75) is 18.8 Å². The molecule has 1 aliphatic heterocycles. The first-order valence-electron chi connectivity index (χ1n) is 9.12. The fourth-order valence-electron chi connectivity index (χ4n) is 2.92. The third kappa shape index (κ3) is 4.64. The van der Waals surface area contributed by atoms with Crippen molar-refractivity contribution >= 4 is 52.6 Å². The van der Waals surface area contributed by atoms with Crippen molar-refractivity contribution in [1.29, 1.82) is 0 Å². The van der Waals surface area contributed by atoms with Crippen molar-refractivity contribution < 1.29 is 9.21 Å². The Balaban J connectivity index is 1.46. The lowest BCUT2D eigenvalue weighted by molar-refractivity contribution is -0.116. The monoisotopic (exact) mass is 444 g/mol. The molecule has 3 aromatic rings. The van der Waals surface area contributed by atoms with Crippen molar-refractivity contribution in [1.82, 2.24) is 5.32 Å². The number of carbonyl (C=O) groups excluding carboxylic acids is 1. The van der Waals surface area contributed by atoms with Gasteiger partial charge in [0.2, 0.25) is 0 Å². The molecule has 2 N–H and O–H groups in total. The molecule has 148 valence electrons. The van der Waals surface area contributed by atoms with Crippen LogP contribution in [0.2, 0.25) is 10.0 Å². The van der Waals surface area contributed by atoms with Crippen LogP contribution in [0.3, 0.4) is 0 Å². The van der Waals surface area contributed by atoms with Crippen molar-refractivity contribution in [2.75, 3.05) is 5.32 Å². The Bertz CT molecular complexity index is 1080. The predicted molar refractivity (Wildman–Crippen MR) is 121 cm³/mol. The van der Waals surface area contributed by atoms with Gasteiger partial charge in [0.1, 0.15) is 11.5 Å². The number of halogens is 2. The molecule has 1 atom stereocenters. The Hall–Kier alpha value is -2.34. The quantitative estimate of drug-likeness (QED) is 0.446. The molecular weight excluding hydrogens is 427 g/mol. The van der Waals surface area contributed by atoms with Gasteiger partial charge in [0.25, 0.3) is 5.91 Å². The van der Waals surface area contributed by atoms with E-state index in [1.807, 2.05) is 30.3 Å². The Morgan fingerprint density at radius 1 is 1.10 bits per heavy atom. The van der Waals surface area contributed by atoms with Crippen molar-refractivity contribution in [3.05, 3.63) is 80.9 Å². The molecule has 0 spiro atoms. The molecule has 0 aliphatic carbocycles. The van der Waals surface area contributed by atoms with Crippen LogP contribution in [0.25, 0.3) is 17.4 Å². The van der Waals surface area contributed by atoms with Gasteiger partial charge in [-0.05, 0) is 54.4 Å². The van der Waals surface area contributed by atoms with E-state index in [2.05, 4.69) is 29.7 Å². The SMILES string of the molecule is CCc1ccc(N[C@@H]2NC(=O)/C(=C\c3ccc(-c4ccc(Cl)c(Cl)c4)o3)S2)cc1. The van der Waals surface area contributed by atoms with E-state index in [1.54, 1.807) is 18.2 Å². The maximum absolute atomic E-state index is 12.3. The molecule has 1 fully saturated rings. The number of aryl methyl sites for hydroxylation is 1. The summed E-state index contributed by atoms with van der Waals surface area (Å²) in [6, 6.07) is 17.2. The van der Waals surface area contributed by atoms with Crippen LogP contribution in [0.1, 0.15) is 18.2 Å². The second-order valence-electron chi connectivity index (χ2n) is 6.51. The average molecular weight is 445 g/mol. The lowest BCUT2D eigenvalue weighted by atomic mass is 10.1. The number of rotatable bonds is 5. The number of benzene rings is 2. The second kappa shape index (κ2) is 8.57. The van der Waals surface area contributed by atoms with Crippen molar-refractivity contribution in [3.8, 4) is 11.3 Å². The van der Waals surface area contributed by atoms with E-state index in [9.17, 15) is 4.79 Å². The number of nitrogens with one attached hydrogen (secondary N) is 2. The van der Waals surface area contributed by atoms with Crippen LogP contribution in [0.5, 0.6) is 0 Å². The molecular formula is C22H18Cl2N2O2S. The molecule has 2 heterocycles.